The number of rotatable bonds is 8. The number of halogens is 2. The molecule has 2 heterocycles. The summed E-state index contributed by atoms with van der Waals surface area (Å²) in [7, 11) is 0. The molecule has 0 amide bonds. The van der Waals surface area contributed by atoms with Crippen molar-refractivity contribution in [3.63, 3.8) is 0 Å². The van der Waals surface area contributed by atoms with Gasteiger partial charge in [0.15, 0.2) is 0 Å². The fraction of sp³-hybridized carbons (Fsp3) is 0.538. The normalized spacial score (nSPS) is 16.8. The van der Waals surface area contributed by atoms with Crippen molar-refractivity contribution in [2.24, 2.45) is 0 Å². The molecule has 2 aromatic rings. The molecular formula is C26H34BrClN2O3. The molecule has 5 nitrogen and oxygen atoms in total. The molecule has 0 radical (unpaired) electrons. The Morgan fingerprint density at radius 1 is 1.24 bits per heavy atom. The van der Waals surface area contributed by atoms with Gasteiger partial charge in [0.2, 0.25) is 0 Å². The number of benzene rings is 1. The van der Waals surface area contributed by atoms with E-state index in [1.807, 2.05) is 32.9 Å². The van der Waals surface area contributed by atoms with E-state index in [1.54, 1.807) is 22.8 Å². The monoisotopic (exact) mass is 536 g/mol. The van der Waals surface area contributed by atoms with E-state index in [0.717, 1.165) is 35.2 Å². The topological polar surface area (TPSA) is 51.5 Å². The first-order valence-corrected chi connectivity index (χ1v) is 12.9. The van der Waals surface area contributed by atoms with Crippen LogP contribution in [0.2, 0.25) is 5.02 Å². The first kappa shape index (κ1) is 26.0. The van der Waals surface area contributed by atoms with Crippen LogP contribution in [0, 0.1) is 0 Å². The first-order chi connectivity index (χ1) is 15.6. The third kappa shape index (κ3) is 6.93. The van der Waals surface area contributed by atoms with Gasteiger partial charge < -0.3 is 9.30 Å². The number of carbonyl (C=O) groups is 1. The Hall–Kier alpha value is -1.63. The average Bonchev–Trinajstić information content (AvgIpc) is 3.18. The number of pyridine rings is 1. The highest BCUT2D eigenvalue weighted by Gasteiger charge is 2.26. The summed E-state index contributed by atoms with van der Waals surface area (Å²) < 4.78 is 8.10. The van der Waals surface area contributed by atoms with Gasteiger partial charge in [0.25, 0.3) is 5.56 Å². The zero-order valence-corrected chi connectivity index (χ0v) is 22.3. The van der Waals surface area contributed by atoms with Crippen LogP contribution in [0.5, 0.6) is 0 Å². The van der Waals surface area contributed by atoms with Crippen LogP contribution < -0.4 is 5.56 Å². The minimum atomic E-state index is -0.529. The van der Waals surface area contributed by atoms with Gasteiger partial charge in [-0.05, 0) is 92.7 Å². The van der Waals surface area contributed by atoms with Crippen LogP contribution >= 0.6 is 27.5 Å². The van der Waals surface area contributed by atoms with Crippen LogP contribution in [0.4, 0.5) is 0 Å². The van der Waals surface area contributed by atoms with Gasteiger partial charge in [-0.2, -0.15) is 0 Å². The summed E-state index contributed by atoms with van der Waals surface area (Å²) in [6.45, 7) is 10.1. The molecule has 1 atom stereocenters. The average molecular weight is 538 g/mol. The fourth-order valence-corrected chi connectivity index (χ4v) is 5.29. The molecule has 1 aliphatic heterocycles. The molecule has 1 aromatic heterocycles. The second-order valence-electron chi connectivity index (χ2n) is 9.75. The van der Waals surface area contributed by atoms with E-state index >= 15 is 0 Å². The number of hydrogen-bond donors (Lipinski definition) is 0. The van der Waals surface area contributed by atoms with E-state index < -0.39 is 5.60 Å². The number of hydrogen-bond acceptors (Lipinski definition) is 4. The summed E-state index contributed by atoms with van der Waals surface area (Å²) in [6.07, 6.45) is 5.42. The second-order valence-corrected chi connectivity index (χ2v) is 11.0. The van der Waals surface area contributed by atoms with Gasteiger partial charge >= 0.3 is 5.97 Å². The van der Waals surface area contributed by atoms with Gasteiger partial charge in [0.05, 0.1) is 5.56 Å². The fourth-order valence-electron chi connectivity index (χ4n) is 4.38. The number of ether oxygens (including phenoxy) is 1. The van der Waals surface area contributed by atoms with Crippen molar-refractivity contribution in [2.75, 3.05) is 6.54 Å². The maximum absolute atomic E-state index is 13.0. The van der Waals surface area contributed by atoms with Gasteiger partial charge in [0, 0.05) is 29.3 Å². The molecule has 1 aromatic carbocycles. The highest BCUT2D eigenvalue weighted by Crippen LogP contribution is 2.27. The Morgan fingerprint density at radius 2 is 1.94 bits per heavy atom. The van der Waals surface area contributed by atoms with Crippen molar-refractivity contribution >= 4 is 33.5 Å². The molecule has 1 aliphatic rings. The number of aryl methyl sites for hydroxylation is 1. The predicted molar refractivity (Wildman–Crippen MR) is 137 cm³/mol. The largest absolute Gasteiger partial charge is 0.456 e. The summed E-state index contributed by atoms with van der Waals surface area (Å²) >= 11 is 9.90. The molecule has 33 heavy (non-hydrogen) atoms. The number of aromatic nitrogens is 1. The lowest BCUT2D eigenvalue weighted by atomic mass is 10.1. The van der Waals surface area contributed by atoms with Crippen molar-refractivity contribution in [1.82, 2.24) is 9.47 Å². The Labute approximate surface area is 210 Å². The maximum Gasteiger partial charge on any atom is 0.338 e. The van der Waals surface area contributed by atoms with Crippen LogP contribution in [0.1, 0.15) is 75.0 Å². The van der Waals surface area contributed by atoms with Crippen LogP contribution in [0.3, 0.4) is 0 Å². The second kappa shape index (κ2) is 11.2. The Bertz CT molecular complexity index is 1030. The van der Waals surface area contributed by atoms with E-state index in [-0.39, 0.29) is 16.6 Å². The molecule has 3 rings (SSSR count). The maximum atomic E-state index is 13.0. The van der Waals surface area contributed by atoms with E-state index in [9.17, 15) is 9.59 Å². The summed E-state index contributed by atoms with van der Waals surface area (Å²) in [5.41, 5.74) is 1.84. The van der Waals surface area contributed by atoms with E-state index in [2.05, 4.69) is 27.8 Å². The van der Waals surface area contributed by atoms with Crippen molar-refractivity contribution in [3.05, 3.63) is 67.0 Å². The van der Waals surface area contributed by atoms with Crippen molar-refractivity contribution in [1.29, 1.82) is 0 Å². The highest BCUT2D eigenvalue weighted by molar-refractivity contribution is 9.10. The van der Waals surface area contributed by atoms with Crippen LogP contribution in [0.25, 0.3) is 0 Å². The SMILES string of the molecule is CCC[C@H]1CCCN1Cc1c(Br)cc(Cl)c(=O)n1CCc1ccc(C(=O)OC(C)(C)C)cc1. The molecule has 0 aliphatic carbocycles. The van der Waals surface area contributed by atoms with Crippen LogP contribution in [-0.2, 0) is 24.2 Å². The first-order valence-electron chi connectivity index (χ1n) is 11.7. The summed E-state index contributed by atoms with van der Waals surface area (Å²) in [5, 5.41) is 0.220. The lowest BCUT2D eigenvalue weighted by Crippen LogP contribution is -2.33. The Kier molecular flexibility index (Phi) is 8.82. The molecule has 7 heteroatoms. The molecule has 0 spiro atoms. The molecule has 0 saturated carbocycles. The van der Waals surface area contributed by atoms with Gasteiger partial charge in [0.1, 0.15) is 10.6 Å². The molecular weight excluding hydrogens is 504 g/mol. The van der Waals surface area contributed by atoms with Gasteiger partial charge in [-0.25, -0.2) is 4.79 Å². The van der Waals surface area contributed by atoms with Gasteiger partial charge in [-0.15, -0.1) is 0 Å². The zero-order chi connectivity index (χ0) is 24.2. The summed E-state index contributed by atoms with van der Waals surface area (Å²) in [6, 6.07) is 9.68. The van der Waals surface area contributed by atoms with E-state index in [0.29, 0.717) is 24.6 Å². The number of esters is 1. The van der Waals surface area contributed by atoms with Crippen LogP contribution in [-0.4, -0.2) is 33.6 Å². The Morgan fingerprint density at radius 3 is 2.58 bits per heavy atom. The van der Waals surface area contributed by atoms with E-state index in [4.69, 9.17) is 16.3 Å². The van der Waals surface area contributed by atoms with E-state index in [1.165, 1.54) is 19.3 Å². The highest BCUT2D eigenvalue weighted by atomic mass is 79.9. The summed E-state index contributed by atoms with van der Waals surface area (Å²) in [5.74, 6) is -0.335. The minimum absolute atomic E-state index is 0.161. The smallest absolute Gasteiger partial charge is 0.338 e. The quantitative estimate of drug-likeness (QED) is 0.375. The third-order valence-corrected chi connectivity index (χ3v) is 6.95. The minimum Gasteiger partial charge on any atom is -0.456 e. The van der Waals surface area contributed by atoms with Gasteiger partial charge in [-0.1, -0.05) is 37.1 Å². The number of nitrogens with zero attached hydrogens (tertiary/aromatic N) is 2. The number of carbonyl (C=O) groups excluding carboxylic acids is 1. The number of likely N-dealkylation sites (tertiary alicyclic amines) is 1. The molecule has 1 fully saturated rings. The lowest BCUT2D eigenvalue weighted by Gasteiger charge is -2.26. The molecule has 0 unspecified atom stereocenters. The van der Waals surface area contributed by atoms with Crippen molar-refractivity contribution < 1.29 is 9.53 Å². The van der Waals surface area contributed by atoms with Gasteiger partial charge in [-0.3, -0.25) is 9.69 Å². The predicted octanol–water partition coefficient (Wildman–Crippen LogP) is 6.23. The molecule has 0 bridgehead atoms. The molecule has 0 N–H and O–H groups in total. The molecule has 180 valence electrons. The third-order valence-electron chi connectivity index (χ3n) is 5.99. The Balaban J connectivity index is 1.76. The molecule has 1 saturated heterocycles. The summed E-state index contributed by atoms with van der Waals surface area (Å²) in [4.78, 5) is 27.7. The standard InChI is InChI=1S/C26H34BrClN2O3/c1-5-7-20-8-6-14-29(20)17-23-21(27)16-22(28)24(31)30(23)15-13-18-9-11-19(12-10-18)25(32)33-26(2,3)4/h9-12,16,20H,5-8,13-15,17H2,1-4H3/t20-/m0/s1. The van der Waals surface area contributed by atoms with Crippen LogP contribution in [0.15, 0.2) is 39.6 Å². The lowest BCUT2D eigenvalue weighted by molar-refractivity contribution is 0.00695. The van der Waals surface area contributed by atoms with Crippen molar-refractivity contribution in [2.45, 2.75) is 84.5 Å². The van der Waals surface area contributed by atoms with Crippen molar-refractivity contribution in [3.8, 4) is 0 Å². The zero-order valence-electron chi connectivity index (χ0n) is 20.0.